The quantitative estimate of drug-likeness (QED) is 0.393. The van der Waals surface area contributed by atoms with E-state index in [0.717, 1.165) is 33.2 Å². The first kappa shape index (κ1) is 21.5. The summed E-state index contributed by atoms with van der Waals surface area (Å²) in [5.41, 5.74) is 2.89. The molecule has 0 saturated heterocycles. The molecule has 3 aromatic carbocycles. The summed E-state index contributed by atoms with van der Waals surface area (Å²) in [4.78, 5) is 28.9. The second-order valence-electron chi connectivity index (χ2n) is 8.11. The number of hydrogen-bond donors (Lipinski definition) is 2. The number of rotatable bonds is 7. The third-order valence-electron chi connectivity index (χ3n) is 6.07. The normalized spacial score (nSPS) is 12.0. The number of methoxy groups -OCH3 is 1. The van der Waals surface area contributed by atoms with Crippen LogP contribution in [0.3, 0.4) is 0 Å². The molecule has 0 aliphatic carbocycles. The fourth-order valence-electron chi connectivity index (χ4n) is 4.27. The Morgan fingerprint density at radius 1 is 1.03 bits per heavy atom. The van der Waals surface area contributed by atoms with Gasteiger partial charge >= 0.3 is 0 Å². The van der Waals surface area contributed by atoms with Crippen molar-refractivity contribution in [1.82, 2.24) is 20.1 Å². The van der Waals surface area contributed by atoms with Gasteiger partial charge < -0.3 is 15.0 Å². The van der Waals surface area contributed by atoms with Crippen LogP contribution in [0.4, 0.5) is 0 Å². The van der Waals surface area contributed by atoms with Crippen LogP contribution in [0.5, 0.6) is 5.75 Å². The summed E-state index contributed by atoms with van der Waals surface area (Å²) < 4.78 is 6.50. The molecule has 2 heterocycles. The molecule has 0 bridgehead atoms. The summed E-state index contributed by atoms with van der Waals surface area (Å²) in [5.74, 6) is 0.405. The van der Waals surface area contributed by atoms with E-state index in [1.165, 1.54) is 4.68 Å². The lowest BCUT2D eigenvalue weighted by atomic mass is 9.91. The van der Waals surface area contributed by atoms with Gasteiger partial charge in [-0.2, -0.15) is 5.10 Å². The number of nitrogens with one attached hydrogen (secondary N) is 2. The molecule has 170 valence electrons. The number of H-pyrrole nitrogens is 1. The van der Waals surface area contributed by atoms with E-state index in [2.05, 4.69) is 21.5 Å². The third kappa shape index (κ3) is 4.15. The number of benzene rings is 3. The van der Waals surface area contributed by atoms with Crippen molar-refractivity contribution in [2.75, 3.05) is 13.7 Å². The van der Waals surface area contributed by atoms with Gasteiger partial charge in [0.25, 0.3) is 5.56 Å². The summed E-state index contributed by atoms with van der Waals surface area (Å²) in [6, 6.07) is 23.1. The second kappa shape index (κ2) is 9.23. The zero-order valence-electron chi connectivity index (χ0n) is 18.7. The number of nitrogens with zero attached hydrogens (tertiary/aromatic N) is 2. The zero-order valence-corrected chi connectivity index (χ0v) is 18.7. The molecule has 0 aliphatic heterocycles. The molecule has 7 nitrogen and oxygen atoms in total. The summed E-state index contributed by atoms with van der Waals surface area (Å²) >= 11 is 0. The van der Waals surface area contributed by atoms with Gasteiger partial charge in [0.05, 0.1) is 18.7 Å². The molecule has 0 aliphatic rings. The standard InChI is InChI=1S/C27H24N4O3/c1-34-20-12-10-18(11-13-20)23(24-16-28-25-9-5-4-8-22(24)25)15-29-26(32)17-31-27(33)21-7-3-2-6-19(21)14-30-31/h2-14,16,23,28H,15,17H2,1H3,(H,29,32). The van der Waals surface area contributed by atoms with E-state index >= 15 is 0 Å². The van der Waals surface area contributed by atoms with Gasteiger partial charge in [-0.3, -0.25) is 9.59 Å². The Morgan fingerprint density at radius 2 is 1.76 bits per heavy atom. The van der Waals surface area contributed by atoms with E-state index in [1.807, 2.05) is 60.8 Å². The molecule has 5 aromatic rings. The van der Waals surface area contributed by atoms with Gasteiger partial charge in [0.15, 0.2) is 0 Å². The summed E-state index contributed by atoms with van der Waals surface area (Å²) in [6.07, 6.45) is 3.59. The minimum absolute atomic E-state index is 0.0905. The smallest absolute Gasteiger partial charge is 0.275 e. The van der Waals surface area contributed by atoms with Crippen LogP contribution in [0.1, 0.15) is 17.0 Å². The second-order valence-corrected chi connectivity index (χ2v) is 8.11. The summed E-state index contributed by atoms with van der Waals surface area (Å²) in [7, 11) is 1.63. The van der Waals surface area contributed by atoms with E-state index in [-0.39, 0.29) is 23.9 Å². The Kier molecular flexibility index (Phi) is 5.82. The van der Waals surface area contributed by atoms with Gasteiger partial charge in [0, 0.05) is 34.9 Å². The maximum absolute atomic E-state index is 12.8. The van der Waals surface area contributed by atoms with Gasteiger partial charge in [0.1, 0.15) is 12.3 Å². The molecular weight excluding hydrogens is 428 g/mol. The first-order valence-electron chi connectivity index (χ1n) is 11.1. The highest BCUT2D eigenvalue weighted by Crippen LogP contribution is 2.31. The van der Waals surface area contributed by atoms with Crippen molar-refractivity contribution in [1.29, 1.82) is 0 Å². The SMILES string of the molecule is COc1ccc(C(CNC(=O)Cn2ncc3ccccc3c2=O)c2c[nH]c3ccccc23)cc1. The molecule has 1 unspecified atom stereocenters. The molecule has 0 fully saturated rings. The molecule has 0 radical (unpaired) electrons. The van der Waals surface area contributed by atoms with Gasteiger partial charge in [-0.15, -0.1) is 0 Å². The van der Waals surface area contributed by atoms with Crippen LogP contribution in [-0.2, 0) is 11.3 Å². The molecule has 2 aromatic heterocycles. The van der Waals surface area contributed by atoms with Crippen molar-refractivity contribution in [3.63, 3.8) is 0 Å². The van der Waals surface area contributed by atoms with E-state index in [9.17, 15) is 9.59 Å². The fraction of sp³-hybridized carbons (Fsp3) is 0.148. The monoisotopic (exact) mass is 452 g/mol. The molecule has 0 saturated carbocycles. The first-order valence-corrected chi connectivity index (χ1v) is 11.1. The Morgan fingerprint density at radius 3 is 2.56 bits per heavy atom. The van der Waals surface area contributed by atoms with E-state index < -0.39 is 0 Å². The number of carbonyl (C=O) groups is 1. The molecule has 7 heteroatoms. The molecule has 1 amide bonds. The predicted octanol–water partition coefficient (Wildman–Crippen LogP) is 3.83. The number of fused-ring (bicyclic) bond motifs is 2. The molecule has 34 heavy (non-hydrogen) atoms. The van der Waals surface area contributed by atoms with Crippen LogP contribution in [-0.4, -0.2) is 34.3 Å². The largest absolute Gasteiger partial charge is 0.497 e. The minimum atomic E-state index is -0.281. The first-order chi connectivity index (χ1) is 16.6. The molecule has 2 N–H and O–H groups in total. The van der Waals surface area contributed by atoms with E-state index in [0.29, 0.717) is 11.9 Å². The number of para-hydroxylation sites is 1. The van der Waals surface area contributed by atoms with Gasteiger partial charge in [0.2, 0.25) is 5.91 Å². The van der Waals surface area contributed by atoms with Gasteiger partial charge in [-0.25, -0.2) is 4.68 Å². The highest BCUT2D eigenvalue weighted by molar-refractivity contribution is 5.84. The zero-order chi connectivity index (χ0) is 23.5. The van der Waals surface area contributed by atoms with Crippen LogP contribution < -0.4 is 15.6 Å². The maximum Gasteiger partial charge on any atom is 0.275 e. The van der Waals surface area contributed by atoms with Crippen molar-refractivity contribution < 1.29 is 9.53 Å². The average Bonchev–Trinajstić information content (AvgIpc) is 3.30. The lowest BCUT2D eigenvalue weighted by molar-refractivity contribution is -0.121. The van der Waals surface area contributed by atoms with Crippen LogP contribution in [0, 0.1) is 0 Å². The highest BCUT2D eigenvalue weighted by Gasteiger charge is 2.20. The Hall–Kier alpha value is -4.39. The lowest BCUT2D eigenvalue weighted by Gasteiger charge is -2.19. The fourth-order valence-corrected chi connectivity index (χ4v) is 4.27. The van der Waals surface area contributed by atoms with Crippen molar-refractivity contribution >= 4 is 27.6 Å². The van der Waals surface area contributed by atoms with Crippen molar-refractivity contribution in [2.24, 2.45) is 0 Å². The number of aromatic nitrogens is 3. The number of amides is 1. The van der Waals surface area contributed by atoms with Crippen LogP contribution in [0.25, 0.3) is 21.7 Å². The minimum Gasteiger partial charge on any atom is -0.497 e. The van der Waals surface area contributed by atoms with Gasteiger partial charge in [-0.1, -0.05) is 48.5 Å². The van der Waals surface area contributed by atoms with Gasteiger partial charge in [-0.05, 0) is 35.4 Å². The molecular formula is C27H24N4O3. The maximum atomic E-state index is 12.8. The number of hydrogen-bond acceptors (Lipinski definition) is 4. The Balaban J connectivity index is 1.40. The van der Waals surface area contributed by atoms with Crippen LogP contribution in [0.2, 0.25) is 0 Å². The summed E-state index contributed by atoms with van der Waals surface area (Å²) in [6.45, 7) is 0.224. The third-order valence-corrected chi connectivity index (χ3v) is 6.07. The summed E-state index contributed by atoms with van der Waals surface area (Å²) in [5, 5.41) is 9.57. The number of ether oxygens (including phenoxy) is 1. The van der Waals surface area contributed by atoms with E-state index in [4.69, 9.17) is 4.74 Å². The average molecular weight is 453 g/mol. The number of carbonyl (C=O) groups excluding carboxylic acids is 1. The molecule has 5 rings (SSSR count). The van der Waals surface area contributed by atoms with Crippen molar-refractivity contribution in [2.45, 2.75) is 12.5 Å². The Bertz CT molecular complexity index is 1520. The lowest BCUT2D eigenvalue weighted by Crippen LogP contribution is -2.35. The van der Waals surface area contributed by atoms with E-state index in [1.54, 1.807) is 25.4 Å². The Labute approximate surface area is 196 Å². The predicted molar refractivity (Wildman–Crippen MR) is 132 cm³/mol. The van der Waals surface area contributed by atoms with Crippen LogP contribution in [0.15, 0.2) is 90.0 Å². The number of aromatic amines is 1. The van der Waals surface area contributed by atoms with Crippen molar-refractivity contribution in [3.05, 3.63) is 107 Å². The molecule has 1 atom stereocenters. The topological polar surface area (TPSA) is 89.0 Å². The highest BCUT2D eigenvalue weighted by atomic mass is 16.5. The van der Waals surface area contributed by atoms with Crippen molar-refractivity contribution in [3.8, 4) is 5.75 Å². The van der Waals surface area contributed by atoms with Crippen LogP contribution >= 0.6 is 0 Å². The molecule has 0 spiro atoms.